The molecule has 7 heteroatoms. The summed E-state index contributed by atoms with van der Waals surface area (Å²) in [6, 6.07) is 0. The molecule has 0 unspecified atom stereocenters. The summed E-state index contributed by atoms with van der Waals surface area (Å²) in [6.07, 6.45) is 1.95. The van der Waals surface area contributed by atoms with Gasteiger partial charge >= 0.3 is 0 Å². The molecule has 0 radical (unpaired) electrons. The van der Waals surface area contributed by atoms with E-state index < -0.39 is 0 Å². The van der Waals surface area contributed by atoms with Gasteiger partial charge in [-0.2, -0.15) is 0 Å². The predicted molar refractivity (Wildman–Crippen MR) is 114 cm³/mol. The molecule has 0 bridgehead atoms. The maximum atomic E-state index is 11.9. The van der Waals surface area contributed by atoms with Crippen LogP contribution in [0.3, 0.4) is 0 Å². The molecule has 0 aliphatic carbocycles. The summed E-state index contributed by atoms with van der Waals surface area (Å²) in [4.78, 5) is 25.3. The molecule has 0 saturated carbocycles. The SMILES string of the molecule is CC(C)CCC(=O)N(C)CCOCCOCCOCCOCCC(=O)C(C)(C)C. The minimum Gasteiger partial charge on any atom is -0.379 e. The van der Waals surface area contributed by atoms with Gasteiger partial charge in [-0.05, 0) is 12.3 Å². The van der Waals surface area contributed by atoms with Crippen molar-refractivity contribution in [3.63, 3.8) is 0 Å². The van der Waals surface area contributed by atoms with Crippen molar-refractivity contribution < 1.29 is 28.5 Å². The van der Waals surface area contributed by atoms with Crippen LogP contribution >= 0.6 is 0 Å². The zero-order valence-corrected chi connectivity index (χ0v) is 19.5. The van der Waals surface area contributed by atoms with Crippen LogP contribution in [0.1, 0.15) is 53.9 Å². The van der Waals surface area contributed by atoms with E-state index in [0.29, 0.717) is 78.2 Å². The first-order chi connectivity index (χ1) is 13.6. The predicted octanol–water partition coefficient (Wildman–Crippen LogP) is 2.95. The van der Waals surface area contributed by atoms with Crippen LogP contribution in [0.15, 0.2) is 0 Å². The lowest BCUT2D eigenvalue weighted by molar-refractivity contribution is -0.131. The normalized spacial score (nSPS) is 11.8. The number of amides is 1. The second kappa shape index (κ2) is 16.7. The van der Waals surface area contributed by atoms with Gasteiger partial charge in [-0.15, -0.1) is 0 Å². The van der Waals surface area contributed by atoms with Gasteiger partial charge in [0.25, 0.3) is 0 Å². The van der Waals surface area contributed by atoms with E-state index in [1.807, 2.05) is 27.8 Å². The highest BCUT2D eigenvalue weighted by Crippen LogP contribution is 2.16. The van der Waals surface area contributed by atoms with Gasteiger partial charge in [0.15, 0.2) is 0 Å². The Labute approximate surface area is 177 Å². The number of Topliss-reactive ketones (excluding diaryl/α,β-unsaturated/α-hetero) is 1. The fraction of sp³-hybridized carbons (Fsp3) is 0.909. The molecule has 0 saturated heterocycles. The molecule has 0 spiro atoms. The minimum atomic E-state index is -0.304. The largest absolute Gasteiger partial charge is 0.379 e. The first kappa shape index (κ1) is 28.0. The maximum absolute atomic E-state index is 11.9. The van der Waals surface area contributed by atoms with Crippen molar-refractivity contribution >= 4 is 11.7 Å². The standard InChI is InChI=1S/C22H43NO6/c1-19(2)7-8-21(25)23(6)10-12-27-14-16-29-18-17-28-15-13-26-11-9-20(24)22(3,4)5/h19H,7-18H2,1-6H3. The molecule has 0 aromatic heterocycles. The Morgan fingerprint density at radius 2 is 1.21 bits per heavy atom. The summed E-state index contributed by atoms with van der Waals surface area (Å²) < 4.78 is 21.7. The van der Waals surface area contributed by atoms with Crippen molar-refractivity contribution in [3.8, 4) is 0 Å². The Bertz CT molecular complexity index is 434. The van der Waals surface area contributed by atoms with E-state index in [2.05, 4.69) is 13.8 Å². The maximum Gasteiger partial charge on any atom is 0.222 e. The molecule has 29 heavy (non-hydrogen) atoms. The molecule has 7 nitrogen and oxygen atoms in total. The van der Waals surface area contributed by atoms with Gasteiger partial charge in [0.2, 0.25) is 5.91 Å². The van der Waals surface area contributed by atoms with E-state index >= 15 is 0 Å². The summed E-state index contributed by atoms with van der Waals surface area (Å²) in [5, 5.41) is 0. The number of hydrogen-bond acceptors (Lipinski definition) is 6. The summed E-state index contributed by atoms with van der Waals surface area (Å²) in [7, 11) is 1.81. The number of ketones is 1. The zero-order chi connectivity index (χ0) is 22.1. The van der Waals surface area contributed by atoms with Crippen LogP contribution in [0.5, 0.6) is 0 Å². The van der Waals surface area contributed by atoms with Gasteiger partial charge in [0.05, 0.1) is 52.9 Å². The summed E-state index contributed by atoms with van der Waals surface area (Å²) in [6.45, 7) is 14.5. The third-order valence-corrected chi connectivity index (χ3v) is 4.36. The van der Waals surface area contributed by atoms with E-state index in [-0.39, 0.29) is 17.1 Å². The minimum absolute atomic E-state index is 0.167. The van der Waals surface area contributed by atoms with Gasteiger partial charge in [0, 0.05) is 31.8 Å². The highest BCUT2D eigenvalue weighted by molar-refractivity contribution is 5.83. The van der Waals surface area contributed by atoms with E-state index in [9.17, 15) is 9.59 Å². The summed E-state index contributed by atoms with van der Waals surface area (Å²) >= 11 is 0. The number of hydrogen-bond donors (Lipinski definition) is 0. The van der Waals surface area contributed by atoms with Crippen LogP contribution in [-0.4, -0.2) is 83.0 Å². The molecule has 0 fully saturated rings. The van der Waals surface area contributed by atoms with Crippen molar-refractivity contribution in [2.75, 3.05) is 66.4 Å². The quantitative estimate of drug-likeness (QED) is 0.319. The fourth-order valence-corrected chi connectivity index (χ4v) is 2.23. The van der Waals surface area contributed by atoms with Gasteiger partial charge in [-0.1, -0.05) is 34.6 Å². The lowest BCUT2D eigenvalue weighted by Crippen LogP contribution is -2.30. The van der Waals surface area contributed by atoms with Crippen molar-refractivity contribution in [3.05, 3.63) is 0 Å². The highest BCUT2D eigenvalue weighted by atomic mass is 16.6. The molecule has 0 aromatic carbocycles. The topological polar surface area (TPSA) is 74.3 Å². The second-order valence-electron chi connectivity index (χ2n) is 8.62. The van der Waals surface area contributed by atoms with Crippen LogP contribution in [0.2, 0.25) is 0 Å². The second-order valence-corrected chi connectivity index (χ2v) is 8.62. The third kappa shape index (κ3) is 17.5. The van der Waals surface area contributed by atoms with Crippen molar-refractivity contribution in [1.29, 1.82) is 0 Å². The molecule has 172 valence electrons. The number of rotatable bonds is 18. The van der Waals surface area contributed by atoms with Crippen LogP contribution in [0, 0.1) is 11.3 Å². The van der Waals surface area contributed by atoms with Gasteiger partial charge in [0.1, 0.15) is 5.78 Å². The molecule has 0 aliphatic heterocycles. The van der Waals surface area contributed by atoms with E-state index in [1.54, 1.807) is 4.90 Å². The van der Waals surface area contributed by atoms with E-state index in [0.717, 1.165) is 6.42 Å². The van der Waals surface area contributed by atoms with E-state index in [4.69, 9.17) is 18.9 Å². The van der Waals surface area contributed by atoms with Crippen molar-refractivity contribution in [2.45, 2.75) is 53.9 Å². The third-order valence-electron chi connectivity index (χ3n) is 4.36. The Balaban J connectivity index is 3.34. The van der Waals surface area contributed by atoms with Crippen molar-refractivity contribution in [2.24, 2.45) is 11.3 Å². The lowest BCUT2D eigenvalue weighted by atomic mass is 9.89. The number of carbonyl (C=O) groups excluding carboxylic acids is 2. The van der Waals surface area contributed by atoms with Gasteiger partial charge in [-0.3, -0.25) is 9.59 Å². The Morgan fingerprint density at radius 3 is 1.66 bits per heavy atom. The van der Waals surface area contributed by atoms with E-state index in [1.165, 1.54) is 0 Å². The highest BCUT2D eigenvalue weighted by Gasteiger charge is 2.20. The Hall–Kier alpha value is -1.02. The molecule has 0 aromatic rings. The molecule has 0 N–H and O–H groups in total. The fourth-order valence-electron chi connectivity index (χ4n) is 2.23. The molecule has 0 atom stereocenters. The molecule has 0 aliphatic rings. The first-order valence-corrected chi connectivity index (χ1v) is 10.7. The monoisotopic (exact) mass is 417 g/mol. The average Bonchev–Trinajstić information content (AvgIpc) is 2.64. The molecule has 0 heterocycles. The van der Waals surface area contributed by atoms with Gasteiger partial charge in [-0.25, -0.2) is 0 Å². The Kier molecular flexibility index (Phi) is 16.2. The molecule has 1 amide bonds. The summed E-state index contributed by atoms with van der Waals surface area (Å²) in [5.41, 5.74) is -0.304. The number of carbonyl (C=O) groups is 2. The smallest absolute Gasteiger partial charge is 0.222 e. The lowest BCUT2D eigenvalue weighted by Gasteiger charge is -2.17. The van der Waals surface area contributed by atoms with Crippen LogP contribution in [-0.2, 0) is 28.5 Å². The van der Waals surface area contributed by atoms with Gasteiger partial charge < -0.3 is 23.8 Å². The van der Waals surface area contributed by atoms with Crippen LogP contribution < -0.4 is 0 Å². The van der Waals surface area contributed by atoms with Crippen LogP contribution in [0.4, 0.5) is 0 Å². The van der Waals surface area contributed by atoms with Crippen molar-refractivity contribution in [1.82, 2.24) is 4.90 Å². The molecule has 0 rings (SSSR count). The number of nitrogens with zero attached hydrogens (tertiary/aromatic N) is 1. The molecular formula is C22H43NO6. The number of ether oxygens (including phenoxy) is 4. The molecular weight excluding hydrogens is 374 g/mol. The first-order valence-electron chi connectivity index (χ1n) is 10.7. The average molecular weight is 418 g/mol. The Morgan fingerprint density at radius 1 is 0.759 bits per heavy atom. The van der Waals surface area contributed by atoms with Crippen LogP contribution in [0.25, 0.3) is 0 Å². The number of likely N-dealkylation sites (N-methyl/N-ethyl adjacent to an activating group) is 1. The summed E-state index contributed by atoms with van der Waals surface area (Å²) in [5.74, 6) is 0.917. The zero-order valence-electron chi connectivity index (χ0n) is 19.5.